The Kier molecular flexibility index (Phi) is 19.9. The summed E-state index contributed by atoms with van der Waals surface area (Å²) >= 11 is 0. The summed E-state index contributed by atoms with van der Waals surface area (Å²) in [4.78, 5) is 3.57. The van der Waals surface area contributed by atoms with Crippen molar-refractivity contribution in [2.45, 2.75) is 181 Å². The first kappa shape index (κ1) is 30.2. The number of nitrogens with one attached hydrogen (secondary N) is 1. The standard InChI is InChI=1S/C31H60N2/c1-5-7-9-11-13-15-16-17-18-20-22-24-26-30(4)33-28-27-32-31(33)29(3)25-23-21-19-14-12-10-8-6-2/h27-30H,5-26H2,1-4H3/p+1. The average molecular weight is 462 g/mol. The Balaban J connectivity index is 2.08. The van der Waals surface area contributed by atoms with E-state index in [0.29, 0.717) is 12.0 Å². The first-order valence-electron chi connectivity index (χ1n) is 15.3. The quantitative estimate of drug-likeness (QED) is 0.117. The molecule has 0 radical (unpaired) electrons. The number of aromatic amines is 1. The van der Waals surface area contributed by atoms with Crippen LogP contribution in [-0.4, -0.2) is 4.98 Å². The van der Waals surface area contributed by atoms with Crippen LogP contribution in [0.4, 0.5) is 0 Å². The van der Waals surface area contributed by atoms with E-state index in [-0.39, 0.29) is 0 Å². The van der Waals surface area contributed by atoms with Gasteiger partial charge in [-0.25, -0.2) is 9.55 Å². The van der Waals surface area contributed by atoms with E-state index < -0.39 is 0 Å². The molecule has 0 aliphatic heterocycles. The SMILES string of the molecule is CCCCCCCCCCCCCCC(C)[n+]1cc[nH]c1C(C)CCCCCCCCCC. The highest BCUT2D eigenvalue weighted by molar-refractivity contribution is 4.87. The van der Waals surface area contributed by atoms with Gasteiger partial charge >= 0.3 is 0 Å². The van der Waals surface area contributed by atoms with Crippen LogP contribution in [0.1, 0.15) is 187 Å². The van der Waals surface area contributed by atoms with Crippen molar-refractivity contribution in [3.63, 3.8) is 0 Å². The molecule has 33 heavy (non-hydrogen) atoms. The Bertz CT molecular complexity index is 521. The lowest BCUT2D eigenvalue weighted by Crippen LogP contribution is -2.40. The average Bonchev–Trinajstić information content (AvgIpc) is 3.31. The summed E-state index contributed by atoms with van der Waals surface area (Å²) in [6, 6.07) is 0.621. The largest absolute Gasteiger partial charge is 0.257 e. The predicted molar refractivity (Wildman–Crippen MR) is 147 cm³/mol. The van der Waals surface area contributed by atoms with Gasteiger partial charge in [0, 0.05) is 0 Å². The predicted octanol–water partition coefficient (Wildman–Crippen LogP) is 10.6. The zero-order valence-electron chi connectivity index (χ0n) is 23.3. The van der Waals surface area contributed by atoms with Crippen LogP contribution >= 0.6 is 0 Å². The van der Waals surface area contributed by atoms with E-state index in [4.69, 9.17) is 0 Å². The summed E-state index contributed by atoms with van der Waals surface area (Å²) in [5, 5.41) is 0. The third-order valence-electron chi connectivity index (χ3n) is 7.65. The number of aromatic nitrogens is 2. The van der Waals surface area contributed by atoms with Crippen molar-refractivity contribution in [3.8, 4) is 0 Å². The summed E-state index contributed by atoms with van der Waals surface area (Å²) < 4.78 is 2.54. The number of unbranched alkanes of at least 4 members (excludes halogenated alkanes) is 18. The summed E-state index contributed by atoms with van der Waals surface area (Å²) in [7, 11) is 0. The number of imidazole rings is 1. The highest BCUT2D eigenvalue weighted by atomic mass is 15.1. The van der Waals surface area contributed by atoms with Gasteiger partial charge in [0.25, 0.3) is 5.82 Å². The van der Waals surface area contributed by atoms with E-state index in [1.165, 1.54) is 147 Å². The molecule has 1 heterocycles. The summed E-state index contributed by atoms with van der Waals surface area (Å²) in [6.45, 7) is 9.43. The minimum atomic E-state index is 0.621. The lowest BCUT2D eigenvalue weighted by molar-refractivity contribution is -0.727. The van der Waals surface area contributed by atoms with Gasteiger partial charge in [-0.1, -0.05) is 143 Å². The molecule has 0 aromatic carbocycles. The van der Waals surface area contributed by atoms with E-state index in [9.17, 15) is 0 Å². The smallest absolute Gasteiger partial charge is 0.247 e. The third kappa shape index (κ3) is 15.7. The monoisotopic (exact) mass is 461 g/mol. The van der Waals surface area contributed by atoms with Gasteiger partial charge in [-0.2, -0.15) is 0 Å². The molecular weight excluding hydrogens is 400 g/mol. The fourth-order valence-corrected chi connectivity index (χ4v) is 5.28. The molecule has 0 bridgehead atoms. The van der Waals surface area contributed by atoms with E-state index in [2.05, 4.69) is 49.6 Å². The Hall–Kier alpha value is -0.790. The minimum absolute atomic E-state index is 0.621. The fourth-order valence-electron chi connectivity index (χ4n) is 5.28. The van der Waals surface area contributed by atoms with Crippen molar-refractivity contribution < 1.29 is 4.57 Å². The van der Waals surface area contributed by atoms with Crippen molar-refractivity contribution in [2.24, 2.45) is 0 Å². The Morgan fingerprint density at radius 2 is 0.970 bits per heavy atom. The molecular formula is C31H61N2+. The van der Waals surface area contributed by atoms with Crippen LogP contribution in [0, 0.1) is 0 Å². The second kappa shape index (κ2) is 21.7. The highest BCUT2D eigenvalue weighted by Crippen LogP contribution is 2.21. The van der Waals surface area contributed by atoms with Gasteiger partial charge in [0.15, 0.2) is 0 Å². The molecule has 2 unspecified atom stereocenters. The fraction of sp³-hybridized carbons (Fsp3) is 0.903. The van der Waals surface area contributed by atoms with Gasteiger partial charge in [-0.15, -0.1) is 0 Å². The molecule has 2 heteroatoms. The molecule has 194 valence electrons. The van der Waals surface area contributed by atoms with Crippen LogP contribution in [0.15, 0.2) is 12.4 Å². The lowest BCUT2D eigenvalue weighted by Gasteiger charge is -2.14. The van der Waals surface area contributed by atoms with Crippen molar-refractivity contribution in [3.05, 3.63) is 18.2 Å². The topological polar surface area (TPSA) is 19.7 Å². The van der Waals surface area contributed by atoms with E-state index in [0.717, 1.165) is 0 Å². The molecule has 0 spiro atoms. The molecule has 0 saturated heterocycles. The number of H-pyrrole nitrogens is 1. The molecule has 0 aliphatic carbocycles. The zero-order chi connectivity index (χ0) is 24.0. The molecule has 1 aromatic rings. The number of rotatable bonds is 24. The van der Waals surface area contributed by atoms with Crippen LogP contribution in [0.3, 0.4) is 0 Å². The number of hydrogen-bond donors (Lipinski definition) is 1. The second-order valence-electron chi connectivity index (χ2n) is 10.9. The molecule has 0 fully saturated rings. The molecule has 0 aliphatic rings. The number of hydrogen-bond acceptors (Lipinski definition) is 0. The van der Waals surface area contributed by atoms with Crippen LogP contribution in [0.2, 0.25) is 0 Å². The van der Waals surface area contributed by atoms with Crippen molar-refractivity contribution in [1.29, 1.82) is 0 Å². The van der Waals surface area contributed by atoms with Gasteiger partial charge < -0.3 is 0 Å². The van der Waals surface area contributed by atoms with E-state index in [1.807, 2.05) is 0 Å². The zero-order valence-corrected chi connectivity index (χ0v) is 23.3. The summed E-state index contributed by atoms with van der Waals surface area (Å²) in [5.41, 5.74) is 0. The van der Waals surface area contributed by atoms with Crippen LogP contribution in [0.25, 0.3) is 0 Å². The maximum absolute atomic E-state index is 3.57. The van der Waals surface area contributed by atoms with Gasteiger partial charge in [0.2, 0.25) is 0 Å². The van der Waals surface area contributed by atoms with Gasteiger partial charge in [-0.3, -0.25) is 0 Å². The molecule has 0 amide bonds. The van der Waals surface area contributed by atoms with E-state index in [1.54, 1.807) is 0 Å². The maximum Gasteiger partial charge on any atom is 0.257 e. The first-order chi connectivity index (χ1) is 16.2. The normalized spacial score (nSPS) is 13.5. The van der Waals surface area contributed by atoms with Crippen LogP contribution < -0.4 is 4.57 Å². The first-order valence-corrected chi connectivity index (χ1v) is 15.3. The molecule has 1 aromatic heterocycles. The number of nitrogens with zero attached hydrogens (tertiary/aromatic N) is 1. The van der Waals surface area contributed by atoms with Gasteiger partial charge in [0.05, 0.1) is 12.0 Å². The molecule has 2 nitrogen and oxygen atoms in total. The minimum Gasteiger partial charge on any atom is -0.247 e. The Morgan fingerprint density at radius 1 is 0.576 bits per heavy atom. The lowest BCUT2D eigenvalue weighted by atomic mass is 10.00. The summed E-state index contributed by atoms with van der Waals surface area (Å²) in [6.07, 6.45) is 35.6. The van der Waals surface area contributed by atoms with Crippen LogP contribution in [-0.2, 0) is 0 Å². The third-order valence-corrected chi connectivity index (χ3v) is 7.65. The molecule has 1 rings (SSSR count). The van der Waals surface area contributed by atoms with Crippen molar-refractivity contribution >= 4 is 0 Å². The van der Waals surface area contributed by atoms with E-state index >= 15 is 0 Å². The Labute approximate surface area is 208 Å². The van der Waals surface area contributed by atoms with Gasteiger partial charge in [0.1, 0.15) is 12.4 Å². The molecule has 2 atom stereocenters. The van der Waals surface area contributed by atoms with Gasteiger partial charge in [-0.05, 0) is 26.2 Å². The second-order valence-corrected chi connectivity index (χ2v) is 10.9. The van der Waals surface area contributed by atoms with Crippen molar-refractivity contribution in [1.82, 2.24) is 4.98 Å². The highest BCUT2D eigenvalue weighted by Gasteiger charge is 2.22. The molecule has 1 N–H and O–H groups in total. The Morgan fingerprint density at radius 3 is 1.42 bits per heavy atom. The van der Waals surface area contributed by atoms with Crippen LogP contribution in [0.5, 0.6) is 0 Å². The molecule has 0 saturated carbocycles. The maximum atomic E-state index is 3.57. The van der Waals surface area contributed by atoms with Crippen molar-refractivity contribution in [2.75, 3.05) is 0 Å². The summed E-state index contributed by atoms with van der Waals surface area (Å²) in [5.74, 6) is 2.09.